The number of piperidine rings is 1. The molecule has 0 aliphatic carbocycles. The van der Waals surface area contributed by atoms with Crippen LogP contribution in [-0.2, 0) is 20.7 Å². The largest absolute Gasteiger partial charge is 0.378 e. The van der Waals surface area contributed by atoms with Gasteiger partial charge in [-0.05, 0) is 44.6 Å². The van der Waals surface area contributed by atoms with Gasteiger partial charge in [0.05, 0.1) is 25.2 Å². The number of likely N-dealkylation sites (tertiary alicyclic amines) is 1. The highest BCUT2D eigenvalue weighted by molar-refractivity contribution is 7.10. The molecule has 0 spiro atoms. The Hall–Kier alpha value is -0.910. The molecule has 2 aliphatic heterocycles. The van der Waals surface area contributed by atoms with Gasteiger partial charge in [0.15, 0.2) is 0 Å². The zero-order valence-electron chi connectivity index (χ0n) is 14.1. The summed E-state index contributed by atoms with van der Waals surface area (Å²) < 4.78 is 12.0. The summed E-state index contributed by atoms with van der Waals surface area (Å²) in [4.78, 5) is 15.9. The maximum absolute atomic E-state index is 12.7. The van der Waals surface area contributed by atoms with Gasteiger partial charge in [0.25, 0.3) is 0 Å². The van der Waals surface area contributed by atoms with Gasteiger partial charge >= 0.3 is 0 Å². The third kappa shape index (κ3) is 3.95. The van der Waals surface area contributed by atoms with Crippen LogP contribution in [0.15, 0.2) is 17.5 Å². The maximum Gasteiger partial charge on any atom is 0.227 e. The van der Waals surface area contributed by atoms with Gasteiger partial charge in [0, 0.05) is 30.0 Å². The molecule has 1 aromatic heterocycles. The van der Waals surface area contributed by atoms with Crippen molar-refractivity contribution in [3.05, 3.63) is 22.4 Å². The van der Waals surface area contributed by atoms with E-state index in [1.807, 2.05) is 22.4 Å². The van der Waals surface area contributed by atoms with Gasteiger partial charge in [-0.15, -0.1) is 11.3 Å². The Kier molecular flexibility index (Phi) is 5.39. The molecule has 1 aromatic rings. The monoisotopic (exact) mass is 337 g/mol. The summed E-state index contributed by atoms with van der Waals surface area (Å²) in [5.74, 6) is 0.236. The van der Waals surface area contributed by atoms with Crippen LogP contribution >= 0.6 is 11.3 Å². The zero-order chi connectivity index (χ0) is 16.3. The van der Waals surface area contributed by atoms with E-state index in [1.54, 1.807) is 11.3 Å². The molecular weight excluding hydrogens is 310 g/mol. The molecule has 4 nitrogen and oxygen atoms in total. The first-order chi connectivity index (χ1) is 11.1. The highest BCUT2D eigenvalue weighted by Crippen LogP contribution is 2.40. The lowest BCUT2D eigenvalue weighted by atomic mass is 9.73. The molecule has 128 valence electrons. The van der Waals surface area contributed by atoms with Crippen molar-refractivity contribution in [3.8, 4) is 0 Å². The third-order valence-corrected chi connectivity index (χ3v) is 5.83. The number of amides is 1. The Morgan fingerprint density at radius 2 is 2.43 bits per heavy atom. The molecule has 3 rings (SSSR count). The van der Waals surface area contributed by atoms with Crippen molar-refractivity contribution < 1.29 is 14.3 Å². The lowest BCUT2D eigenvalue weighted by Gasteiger charge is -2.50. The number of hydrogen-bond donors (Lipinski definition) is 0. The molecular formula is C18H27NO3S. The Bertz CT molecular complexity index is 516. The van der Waals surface area contributed by atoms with E-state index in [1.165, 1.54) is 0 Å². The molecule has 0 radical (unpaired) electrons. The minimum atomic E-state index is -0.0219. The molecule has 3 heterocycles. The van der Waals surface area contributed by atoms with Crippen molar-refractivity contribution in [3.63, 3.8) is 0 Å². The van der Waals surface area contributed by atoms with Gasteiger partial charge in [-0.2, -0.15) is 0 Å². The molecule has 0 bridgehead atoms. The highest BCUT2D eigenvalue weighted by Gasteiger charge is 2.47. The lowest BCUT2D eigenvalue weighted by Crippen LogP contribution is -2.58. The SMILES string of the molecule is CC(C)OCC12CCCOC1CCN(C(=O)Cc1cccs1)C2. The summed E-state index contributed by atoms with van der Waals surface area (Å²) in [6, 6.07) is 4.04. The third-order valence-electron chi connectivity index (χ3n) is 4.95. The summed E-state index contributed by atoms with van der Waals surface area (Å²) in [6.07, 6.45) is 4.05. The fourth-order valence-corrected chi connectivity index (χ4v) is 4.42. The van der Waals surface area contributed by atoms with Crippen molar-refractivity contribution >= 4 is 17.2 Å². The Morgan fingerprint density at radius 3 is 3.17 bits per heavy atom. The van der Waals surface area contributed by atoms with Crippen molar-refractivity contribution in [2.75, 3.05) is 26.3 Å². The molecule has 2 saturated heterocycles. The van der Waals surface area contributed by atoms with Crippen LogP contribution in [0, 0.1) is 5.41 Å². The minimum absolute atomic E-state index is 0.0219. The predicted octanol–water partition coefficient (Wildman–Crippen LogP) is 3.11. The van der Waals surface area contributed by atoms with Gasteiger partial charge in [-0.1, -0.05) is 6.07 Å². The molecule has 0 N–H and O–H groups in total. The summed E-state index contributed by atoms with van der Waals surface area (Å²) in [6.45, 7) is 7.25. The molecule has 0 aromatic carbocycles. The maximum atomic E-state index is 12.7. The van der Waals surface area contributed by atoms with E-state index < -0.39 is 0 Å². The lowest BCUT2D eigenvalue weighted by molar-refractivity contribution is -0.167. The molecule has 2 atom stereocenters. The average Bonchev–Trinajstić information content (AvgIpc) is 3.05. The zero-order valence-corrected chi connectivity index (χ0v) is 14.9. The second kappa shape index (κ2) is 7.32. The number of nitrogens with zero attached hydrogens (tertiary/aromatic N) is 1. The van der Waals surface area contributed by atoms with Gasteiger partial charge in [-0.3, -0.25) is 4.79 Å². The second-order valence-electron chi connectivity index (χ2n) is 7.05. The van der Waals surface area contributed by atoms with Crippen LogP contribution in [0.2, 0.25) is 0 Å². The highest BCUT2D eigenvalue weighted by atomic mass is 32.1. The first-order valence-corrected chi connectivity index (χ1v) is 9.50. The topological polar surface area (TPSA) is 38.8 Å². The van der Waals surface area contributed by atoms with E-state index in [0.717, 1.165) is 43.8 Å². The quantitative estimate of drug-likeness (QED) is 0.829. The summed E-state index contributed by atoms with van der Waals surface area (Å²) >= 11 is 1.65. The number of thiophene rings is 1. The van der Waals surface area contributed by atoms with Crippen LogP contribution in [0.4, 0.5) is 0 Å². The van der Waals surface area contributed by atoms with Crippen LogP contribution in [0.5, 0.6) is 0 Å². The normalized spacial score (nSPS) is 28.0. The van der Waals surface area contributed by atoms with Gasteiger partial charge in [0.1, 0.15) is 0 Å². The Balaban J connectivity index is 1.68. The van der Waals surface area contributed by atoms with Crippen LogP contribution in [0.1, 0.15) is 38.0 Å². The molecule has 2 fully saturated rings. The van der Waals surface area contributed by atoms with E-state index in [4.69, 9.17) is 9.47 Å². The van der Waals surface area contributed by atoms with Crippen LogP contribution in [0.3, 0.4) is 0 Å². The van der Waals surface area contributed by atoms with E-state index in [0.29, 0.717) is 13.0 Å². The van der Waals surface area contributed by atoms with E-state index in [2.05, 4.69) is 13.8 Å². The average molecular weight is 337 g/mol. The number of hydrogen-bond acceptors (Lipinski definition) is 4. The van der Waals surface area contributed by atoms with E-state index in [9.17, 15) is 4.79 Å². The fraction of sp³-hybridized carbons (Fsp3) is 0.722. The number of carbonyl (C=O) groups is 1. The summed E-state index contributed by atoms with van der Waals surface area (Å²) in [5.41, 5.74) is -0.0219. The van der Waals surface area contributed by atoms with E-state index in [-0.39, 0.29) is 23.5 Å². The first-order valence-electron chi connectivity index (χ1n) is 8.62. The molecule has 5 heteroatoms. The summed E-state index contributed by atoms with van der Waals surface area (Å²) in [5, 5.41) is 2.03. The van der Waals surface area contributed by atoms with Crippen LogP contribution in [0.25, 0.3) is 0 Å². The van der Waals surface area contributed by atoms with Crippen LogP contribution in [-0.4, -0.2) is 49.3 Å². The van der Waals surface area contributed by atoms with E-state index >= 15 is 0 Å². The molecule has 2 unspecified atom stereocenters. The van der Waals surface area contributed by atoms with Crippen molar-refractivity contribution in [1.29, 1.82) is 0 Å². The standard InChI is InChI=1S/C18H27NO3S/c1-14(2)22-13-18-7-4-9-21-16(18)6-8-19(12-18)17(20)11-15-5-3-10-23-15/h3,5,10,14,16H,4,6-9,11-13H2,1-2H3. The molecule has 0 saturated carbocycles. The second-order valence-corrected chi connectivity index (χ2v) is 8.08. The smallest absolute Gasteiger partial charge is 0.227 e. The Labute approximate surface area is 142 Å². The predicted molar refractivity (Wildman–Crippen MR) is 91.7 cm³/mol. The fourth-order valence-electron chi connectivity index (χ4n) is 3.72. The molecule has 23 heavy (non-hydrogen) atoms. The van der Waals surface area contributed by atoms with Crippen molar-refractivity contribution in [2.24, 2.45) is 5.41 Å². The number of carbonyl (C=O) groups excluding carboxylic acids is 1. The van der Waals surface area contributed by atoms with Crippen molar-refractivity contribution in [1.82, 2.24) is 4.90 Å². The van der Waals surface area contributed by atoms with Gasteiger partial charge < -0.3 is 14.4 Å². The van der Waals surface area contributed by atoms with Crippen molar-refractivity contribution in [2.45, 2.75) is 51.7 Å². The molecule has 2 aliphatic rings. The first kappa shape index (κ1) is 16.9. The number of fused-ring (bicyclic) bond motifs is 1. The van der Waals surface area contributed by atoms with Gasteiger partial charge in [-0.25, -0.2) is 0 Å². The summed E-state index contributed by atoms with van der Waals surface area (Å²) in [7, 11) is 0. The molecule has 1 amide bonds. The minimum Gasteiger partial charge on any atom is -0.378 e. The number of rotatable bonds is 5. The van der Waals surface area contributed by atoms with Gasteiger partial charge in [0.2, 0.25) is 5.91 Å². The Morgan fingerprint density at radius 1 is 1.57 bits per heavy atom. The number of ether oxygens (including phenoxy) is 2. The van der Waals surface area contributed by atoms with Crippen LogP contribution < -0.4 is 0 Å².